The highest BCUT2D eigenvalue weighted by Gasteiger charge is 2.30. The molecule has 0 spiro atoms. The minimum absolute atomic E-state index is 0.0545. The summed E-state index contributed by atoms with van der Waals surface area (Å²) in [6.45, 7) is 0. The van der Waals surface area contributed by atoms with E-state index < -0.39 is 0 Å². The number of benzene rings is 1. The summed E-state index contributed by atoms with van der Waals surface area (Å²) in [4.78, 5) is 15.1. The van der Waals surface area contributed by atoms with E-state index in [4.69, 9.17) is 0 Å². The van der Waals surface area contributed by atoms with E-state index in [-0.39, 0.29) is 12.1 Å². The molecule has 1 aliphatic rings. The van der Waals surface area contributed by atoms with Gasteiger partial charge in [0.1, 0.15) is 6.17 Å². The molecule has 0 unspecified atom stereocenters. The minimum atomic E-state index is -0.0938. The number of para-hydroxylation sites is 1. The lowest BCUT2D eigenvalue weighted by Gasteiger charge is -2.34. The Balaban J connectivity index is 2.03. The number of anilines is 1. The number of rotatable bonds is 1. The second kappa shape index (κ2) is 4.40. The Bertz CT molecular complexity index is 611. The van der Waals surface area contributed by atoms with Crippen LogP contribution in [-0.4, -0.2) is 17.9 Å². The molecule has 18 heavy (non-hydrogen) atoms. The third-order valence-corrected chi connectivity index (χ3v) is 4.70. The van der Waals surface area contributed by atoms with E-state index in [1.165, 1.54) is 0 Å². The van der Waals surface area contributed by atoms with Gasteiger partial charge in [-0.15, -0.1) is 11.3 Å². The van der Waals surface area contributed by atoms with E-state index in [2.05, 4.69) is 21.2 Å². The molecule has 1 aliphatic heterocycles. The third kappa shape index (κ3) is 1.83. The van der Waals surface area contributed by atoms with Crippen molar-refractivity contribution in [2.75, 3.05) is 12.4 Å². The first-order valence-electron chi connectivity index (χ1n) is 5.55. The van der Waals surface area contributed by atoms with E-state index >= 15 is 0 Å². The SMILES string of the molecule is CN1C(=O)c2ccccc2N[C@@H]1c1ccc(Br)s1. The molecule has 1 amide bonds. The quantitative estimate of drug-likeness (QED) is 0.868. The van der Waals surface area contributed by atoms with Gasteiger partial charge in [0, 0.05) is 17.6 Å². The van der Waals surface area contributed by atoms with E-state index in [0.717, 1.165) is 19.9 Å². The number of hydrogen-bond donors (Lipinski definition) is 1. The first-order valence-corrected chi connectivity index (χ1v) is 7.16. The Morgan fingerprint density at radius 1 is 1.28 bits per heavy atom. The van der Waals surface area contributed by atoms with Crippen molar-refractivity contribution in [1.29, 1.82) is 0 Å². The second-order valence-corrected chi connectivity index (χ2v) is 6.64. The Labute approximate surface area is 118 Å². The number of fused-ring (bicyclic) bond motifs is 1. The van der Waals surface area contributed by atoms with Crippen LogP contribution in [0.15, 0.2) is 40.2 Å². The van der Waals surface area contributed by atoms with E-state index in [1.54, 1.807) is 16.2 Å². The van der Waals surface area contributed by atoms with Crippen molar-refractivity contribution < 1.29 is 4.79 Å². The summed E-state index contributed by atoms with van der Waals surface area (Å²) in [5, 5.41) is 3.40. The highest BCUT2D eigenvalue weighted by atomic mass is 79.9. The van der Waals surface area contributed by atoms with Crippen LogP contribution in [0.1, 0.15) is 21.4 Å². The van der Waals surface area contributed by atoms with Crippen LogP contribution in [0.4, 0.5) is 5.69 Å². The molecule has 3 rings (SSSR count). The highest BCUT2D eigenvalue weighted by molar-refractivity contribution is 9.11. The minimum Gasteiger partial charge on any atom is -0.360 e. The Morgan fingerprint density at radius 3 is 2.78 bits per heavy atom. The lowest BCUT2D eigenvalue weighted by atomic mass is 10.1. The summed E-state index contributed by atoms with van der Waals surface area (Å²) in [6, 6.07) is 11.6. The molecule has 1 aromatic carbocycles. The molecule has 92 valence electrons. The van der Waals surface area contributed by atoms with Crippen molar-refractivity contribution >= 4 is 38.9 Å². The standard InChI is InChI=1S/C13H11BrN2OS/c1-16-12(10-6-7-11(14)18-10)15-9-5-3-2-4-8(9)13(16)17/h2-7,12,15H,1H3/t12-/m0/s1. The van der Waals surface area contributed by atoms with E-state index in [0.29, 0.717) is 0 Å². The van der Waals surface area contributed by atoms with Gasteiger partial charge in [0.25, 0.3) is 5.91 Å². The van der Waals surface area contributed by atoms with Crippen LogP contribution in [0, 0.1) is 0 Å². The molecule has 1 N–H and O–H groups in total. The molecule has 0 saturated carbocycles. The van der Waals surface area contributed by atoms with Gasteiger partial charge in [-0.2, -0.15) is 0 Å². The monoisotopic (exact) mass is 322 g/mol. The van der Waals surface area contributed by atoms with Crippen LogP contribution in [-0.2, 0) is 0 Å². The van der Waals surface area contributed by atoms with Gasteiger partial charge in [0.2, 0.25) is 0 Å². The van der Waals surface area contributed by atoms with Crippen molar-refractivity contribution in [1.82, 2.24) is 4.90 Å². The fourth-order valence-corrected chi connectivity index (χ4v) is 3.60. The highest BCUT2D eigenvalue weighted by Crippen LogP contribution is 2.35. The Kier molecular flexibility index (Phi) is 2.87. The van der Waals surface area contributed by atoms with Gasteiger partial charge < -0.3 is 10.2 Å². The molecule has 0 saturated heterocycles. The van der Waals surface area contributed by atoms with E-state index in [1.807, 2.05) is 43.4 Å². The molecule has 1 aromatic heterocycles. The van der Waals surface area contributed by atoms with Gasteiger partial charge in [0.05, 0.1) is 9.35 Å². The predicted molar refractivity (Wildman–Crippen MR) is 76.9 cm³/mol. The van der Waals surface area contributed by atoms with Crippen molar-refractivity contribution in [2.24, 2.45) is 0 Å². The average molecular weight is 323 g/mol. The summed E-state index contributed by atoms with van der Waals surface area (Å²) >= 11 is 5.09. The zero-order valence-electron chi connectivity index (χ0n) is 9.68. The average Bonchev–Trinajstić information content (AvgIpc) is 2.80. The fourth-order valence-electron chi connectivity index (χ4n) is 2.08. The molecular formula is C13H11BrN2OS. The second-order valence-electron chi connectivity index (χ2n) is 4.15. The maximum Gasteiger partial charge on any atom is 0.257 e. The van der Waals surface area contributed by atoms with Gasteiger partial charge in [-0.3, -0.25) is 4.79 Å². The van der Waals surface area contributed by atoms with Crippen LogP contribution < -0.4 is 5.32 Å². The van der Waals surface area contributed by atoms with Gasteiger partial charge in [0.15, 0.2) is 0 Å². The number of hydrogen-bond acceptors (Lipinski definition) is 3. The number of carbonyl (C=O) groups excluding carboxylic acids is 1. The maximum absolute atomic E-state index is 12.3. The maximum atomic E-state index is 12.3. The molecule has 1 atom stereocenters. The lowest BCUT2D eigenvalue weighted by molar-refractivity contribution is 0.0738. The fraction of sp³-hybridized carbons (Fsp3) is 0.154. The third-order valence-electron chi connectivity index (χ3n) is 3.02. The molecule has 3 nitrogen and oxygen atoms in total. The largest absolute Gasteiger partial charge is 0.360 e. The van der Waals surface area contributed by atoms with Crippen LogP contribution in [0.25, 0.3) is 0 Å². The molecule has 2 heterocycles. The summed E-state index contributed by atoms with van der Waals surface area (Å²) in [5.41, 5.74) is 1.63. The van der Waals surface area contributed by atoms with Crippen LogP contribution in [0.5, 0.6) is 0 Å². The van der Waals surface area contributed by atoms with Crippen molar-refractivity contribution in [3.05, 3.63) is 50.6 Å². The number of carbonyl (C=O) groups is 1. The molecule has 0 fully saturated rings. The molecule has 0 aliphatic carbocycles. The number of halogens is 1. The summed E-state index contributed by atoms with van der Waals surface area (Å²) in [7, 11) is 1.82. The molecule has 0 bridgehead atoms. The van der Waals surface area contributed by atoms with Crippen molar-refractivity contribution in [3.8, 4) is 0 Å². The van der Waals surface area contributed by atoms with Gasteiger partial charge in [-0.1, -0.05) is 12.1 Å². The van der Waals surface area contributed by atoms with Crippen molar-refractivity contribution in [2.45, 2.75) is 6.17 Å². The molecule has 5 heteroatoms. The van der Waals surface area contributed by atoms with Crippen molar-refractivity contribution in [3.63, 3.8) is 0 Å². The Morgan fingerprint density at radius 2 is 2.06 bits per heavy atom. The van der Waals surface area contributed by atoms with Gasteiger partial charge >= 0.3 is 0 Å². The zero-order chi connectivity index (χ0) is 12.7. The smallest absolute Gasteiger partial charge is 0.257 e. The normalized spacial score (nSPS) is 18.4. The first-order chi connectivity index (χ1) is 8.66. The van der Waals surface area contributed by atoms with Gasteiger partial charge in [-0.05, 0) is 40.2 Å². The first kappa shape index (κ1) is 11.7. The Hall–Kier alpha value is -1.33. The predicted octanol–water partition coefficient (Wildman–Crippen LogP) is 3.71. The molecule has 0 radical (unpaired) electrons. The van der Waals surface area contributed by atoms with Gasteiger partial charge in [-0.25, -0.2) is 0 Å². The van der Waals surface area contributed by atoms with Crippen LogP contribution in [0.2, 0.25) is 0 Å². The summed E-state index contributed by atoms with van der Waals surface area (Å²) < 4.78 is 1.07. The molecule has 2 aromatic rings. The lowest BCUT2D eigenvalue weighted by Crippen LogP contribution is -2.39. The molecular weight excluding hydrogens is 312 g/mol. The number of thiophene rings is 1. The number of amides is 1. The zero-order valence-corrected chi connectivity index (χ0v) is 12.1. The van der Waals surface area contributed by atoms with Crippen LogP contribution >= 0.6 is 27.3 Å². The topological polar surface area (TPSA) is 32.3 Å². The number of nitrogens with one attached hydrogen (secondary N) is 1. The number of nitrogens with zero attached hydrogens (tertiary/aromatic N) is 1. The summed E-state index contributed by atoms with van der Waals surface area (Å²) in [6.07, 6.45) is -0.0938. The van der Waals surface area contributed by atoms with Crippen LogP contribution in [0.3, 0.4) is 0 Å². The van der Waals surface area contributed by atoms with E-state index in [9.17, 15) is 4.79 Å². The summed E-state index contributed by atoms with van der Waals surface area (Å²) in [5.74, 6) is 0.0545.